The number of amides is 2. The summed E-state index contributed by atoms with van der Waals surface area (Å²) in [6.07, 6.45) is 0.572. The summed E-state index contributed by atoms with van der Waals surface area (Å²) in [7, 11) is 0. The summed E-state index contributed by atoms with van der Waals surface area (Å²) in [5.74, 6) is -0.835. The maximum absolute atomic E-state index is 13.0. The van der Waals surface area contributed by atoms with Crippen LogP contribution in [0.4, 0.5) is 4.39 Å². The molecule has 5 nitrogen and oxygen atoms in total. The molecule has 0 radical (unpaired) electrons. The molecule has 0 unspecified atom stereocenters. The molecule has 0 atom stereocenters. The molecule has 0 bridgehead atoms. The molecular weight excluding hydrogens is 335 g/mol. The zero-order valence-corrected chi connectivity index (χ0v) is 13.5. The monoisotopic (exact) mass is 350 g/mol. The summed E-state index contributed by atoms with van der Waals surface area (Å²) >= 11 is 5.89. The smallest absolute Gasteiger partial charge is 0.271 e. The Labute approximate surface area is 143 Å². The number of ether oxygens (including phenoxy) is 1. The van der Waals surface area contributed by atoms with E-state index in [2.05, 4.69) is 10.9 Å². The molecule has 2 rings (SSSR count). The van der Waals surface area contributed by atoms with Gasteiger partial charge in [0, 0.05) is 12.5 Å². The summed E-state index contributed by atoms with van der Waals surface area (Å²) in [6.45, 7) is 0.259. The second-order valence-electron chi connectivity index (χ2n) is 4.89. The van der Waals surface area contributed by atoms with Crippen LogP contribution in [0, 0.1) is 5.82 Å². The minimum atomic E-state index is -0.495. The Hall–Kier alpha value is -2.60. The summed E-state index contributed by atoms with van der Waals surface area (Å²) in [5, 5.41) is 0.299. The maximum atomic E-state index is 13.0. The zero-order chi connectivity index (χ0) is 17.4. The summed E-state index contributed by atoms with van der Waals surface area (Å²) in [4.78, 5) is 23.5. The lowest BCUT2D eigenvalue weighted by Crippen LogP contribution is -2.41. The summed E-state index contributed by atoms with van der Waals surface area (Å²) < 4.78 is 18.3. The van der Waals surface area contributed by atoms with Crippen LogP contribution in [0.25, 0.3) is 0 Å². The van der Waals surface area contributed by atoms with Gasteiger partial charge >= 0.3 is 0 Å². The van der Waals surface area contributed by atoms with Gasteiger partial charge in [-0.15, -0.1) is 0 Å². The Morgan fingerprint density at radius 2 is 1.88 bits per heavy atom. The maximum Gasteiger partial charge on any atom is 0.271 e. The first-order chi connectivity index (χ1) is 11.6. The zero-order valence-electron chi connectivity index (χ0n) is 12.7. The lowest BCUT2D eigenvalue weighted by atomic mass is 10.2. The third-order valence-corrected chi connectivity index (χ3v) is 3.38. The Kier molecular flexibility index (Phi) is 6.57. The van der Waals surface area contributed by atoms with Crippen molar-refractivity contribution in [3.63, 3.8) is 0 Å². The van der Waals surface area contributed by atoms with E-state index >= 15 is 0 Å². The minimum Gasteiger partial charge on any atom is -0.493 e. The van der Waals surface area contributed by atoms with Gasteiger partial charge in [0.15, 0.2) is 0 Å². The van der Waals surface area contributed by atoms with Gasteiger partial charge in [0.1, 0.15) is 11.6 Å². The summed E-state index contributed by atoms with van der Waals surface area (Å²) in [6, 6.07) is 12.3. The molecule has 0 aliphatic heterocycles. The number of carbonyl (C=O) groups excluding carboxylic acids is 2. The Morgan fingerprint density at radius 1 is 1.08 bits per heavy atom. The molecule has 24 heavy (non-hydrogen) atoms. The first-order valence-electron chi connectivity index (χ1n) is 7.28. The van der Waals surface area contributed by atoms with Crippen LogP contribution >= 0.6 is 11.6 Å². The average molecular weight is 351 g/mol. The molecule has 0 saturated heterocycles. The van der Waals surface area contributed by atoms with Crippen molar-refractivity contribution in [2.45, 2.75) is 12.8 Å². The molecule has 0 aliphatic rings. The predicted octanol–water partition coefficient (Wildman–Crippen LogP) is 3.10. The fraction of sp³-hybridized carbons (Fsp3) is 0.176. The van der Waals surface area contributed by atoms with E-state index in [0.29, 0.717) is 17.2 Å². The number of hydrogen-bond donors (Lipinski definition) is 2. The second-order valence-corrected chi connectivity index (χ2v) is 5.30. The Balaban J connectivity index is 1.66. The van der Waals surface area contributed by atoms with E-state index in [1.807, 2.05) is 0 Å². The van der Waals surface area contributed by atoms with Crippen LogP contribution in [0.15, 0.2) is 48.5 Å². The van der Waals surface area contributed by atoms with E-state index in [1.165, 1.54) is 12.1 Å². The van der Waals surface area contributed by atoms with Crippen molar-refractivity contribution in [2.24, 2.45) is 0 Å². The molecule has 0 aromatic heterocycles. The molecule has 0 aliphatic carbocycles. The number of hydrazine groups is 1. The normalized spacial score (nSPS) is 10.1. The van der Waals surface area contributed by atoms with E-state index in [1.54, 1.807) is 36.4 Å². The SMILES string of the molecule is O=C(CCCOc1cccc(F)c1)NNC(=O)c1ccccc1Cl. The number of hydrogen-bond acceptors (Lipinski definition) is 3. The van der Waals surface area contributed by atoms with Crippen LogP contribution in [-0.2, 0) is 4.79 Å². The Bertz CT molecular complexity index is 724. The molecule has 126 valence electrons. The minimum absolute atomic E-state index is 0.151. The molecule has 0 saturated carbocycles. The van der Waals surface area contributed by atoms with Crippen molar-refractivity contribution >= 4 is 23.4 Å². The van der Waals surface area contributed by atoms with Crippen molar-refractivity contribution in [3.8, 4) is 5.75 Å². The van der Waals surface area contributed by atoms with Crippen molar-refractivity contribution in [1.82, 2.24) is 10.9 Å². The standard InChI is InChI=1S/C17H16ClFN2O3/c18-15-8-2-1-7-14(15)17(23)21-20-16(22)9-4-10-24-13-6-3-5-12(19)11-13/h1-3,5-8,11H,4,9-10H2,(H,20,22)(H,21,23). The quantitative estimate of drug-likeness (QED) is 0.621. The Morgan fingerprint density at radius 3 is 2.62 bits per heavy atom. The van der Waals surface area contributed by atoms with Crippen LogP contribution < -0.4 is 15.6 Å². The lowest BCUT2D eigenvalue weighted by Gasteiger charge is -2.09. The van der Waals surface area contributed by atoms with Gasteiger partial charge in [0.05, 0.1) is 17.2 Å². The number of rotatable bonds is 6. The van der Waals surface area contributed by atoms with Gasteiger partial charge in [-0.2, -0.15) is 0 Å². The van der Waals surface area contributed by atoms with Crippen molar-refractivity contribution < 1.29 is 18.7 Å². The van der Waals surface area contributed by atoms with Crippen molar-refractivity contribution in [1.29, 1.82) is 0 Å². The second kappa shape index (κ2) is 8.88. The van der Waals surface area contributed by atoms with Gasteiger partial charge in [0.2, 0.25) is 5.91 Å². The molecule has 7 heteroatoms. The molecule has 2 N–H and O–H groups in total. The first-order valence-corrected chi connectivity index (χ1v) is 7.66. The highest BCUT2D eigenvalue weighted by Gasteiger charge is 2.10. The topological polar surface area (TPSA) is 67.4 Å². The number of carbonyl (C=O) groups is 2. The largest absolute Gasteiger partial charge is 0.493 e. The van der Waals surface area contributed by atoms with Gasteiger partial charge in [0.25, 0.3) is 5.91 Å². The van der Waals surface area contributed by atoms with Crippen LogP contribution in [0.1, 0.15) is 23.2 Å². The third kappa shape index (κ3) is 5.55. The van der Waals surface area contributed by atoms with Crippen molar-refractivity contribution in [2.75, 3.05) is 6.61 Å². The highest BCUT2D eigenvalue weighted by Crippen LogP contribution is 2.14. The van der Waals surface area contributed by atoms with Gasteiger partial charge in [-0.25, -0.2) is 4.39 Å². The van der Waals surface area contributed by atoms with Crippen LogP contribution in [-0.4, -0.2) is 18.4 Å². The van der Waals surface area contributed by atoms with Crippen LogP contribution in [0.2, 0.25) is 5.02 Å². The average Bonchev–Trinajstić information content (AvgIpc) is 2.57. The molecular formula is C17H16ClFN2O3. The third-order valence-electron chi connectivity index (χ3n) is 3.05. The first kappa shape index (κ1) is 17.7. The van der Waals surface area contributed by atoms with E-state index in [9.17, 15) is 14.0 Å². The molecule has 2 amide bonds. The van der Waals surface area contributed by atoms with Crippen LogP contribution in [0.3, 0.4) is 0 Å². The highest BCUT2D eigenvalue weighted by molar-refractivity contribution is 6.33. The van der Waals surface area contributed by atoms with E-state index < -0.39 is 5.91 Å². The van der Waals surface area contributed by atoms with Gasteiger partial charge in [-0.3, -0.25) is 20.4 Å². The lowest BCUT2D eigenvalue weighted by molar-refractivity contribution is -0.122. The fourth-order valence-electron chi connectivity index (χ4n) is 1.88. The number of halogens is 2. The van der Waals surface area contributed by atoms with Gasteiger partial charge in [-0.05, 0) is 30.7 Å². The van der Waals surface area contributed by atoms with Gasteiger partial charge in [-0.1, -0.05) is 29.8 Å². The molecule has 0 heterocycles. The molecule has 0 spiro atoms. The van der Waals surface area contributed by atoms with Crippen LogP contribution in [0.5, 0.6) is 5.75 Å². The van der Waals surface area contributed by atoms with E-state index in [4.69, 9.17) is 16.3 Å². The van der Waals surface area contributed by atoms with Crippen molar-refractivity contribution in [3.05, 3.63) is 64.9 Å². The molecule has 2 aromatic rings. The number of benzene rings is 2. The highest BCUT2D eigenvalue weighted by atomic mass is 35.5. The fourth-order valence-corrected chi connectivity index (χ4v) is 2.10. The van der Waals surface area contributed by atoms with E-state index in [-0.39, 0.29) is 30.3 Å². The molecule has 2 aromatic carbocycles. The van der Waals surface area contributed by atoms with Gasteiger partial charge < -0.3 is 4.74 Å². The number of nitrogens with one attached hydrogen (secondary N) is 2. The predicted molar refractivity (Wildman–Crippen MR) is 88.2 cm³/mol. The van der Waals surface area contributed by atoms with E-state index in [0.717, 1.165) is 0 Å². The molecule has 0 fully saturated rings. The summed E-state index contributed by atoms with van der Waals surface area (Å²) in [5.41, 5.74) is 4.87.